The monoisotopic (exact) mass is 436 g/mol. The molecular formula is C30H20N4. The van der Waals surface area contributed by atoms with Gasteiger partial charge in [0.05, 0.1) is 22.8 Å². The van der Waals surface area contributed by atoms with E-state index in [9.17, 15) is 0 Å². The van der Waals surface area contributed by atoms with Crippen LogP contribution >= 0.6 is 0 Å². The number of hydrogen-bond acceptors (Lipinski definition) is 2. The molecule has 7 rings (SSSR count). The van der Waals surface area contributed by atoms with Crippen molar-refractivity contribution in [3.8, 4) is 11.1 Å². The highest BCUT2D eigenvalue weighted by Crippen LogP contribution is 2.30. The number of aromatic amines is 2. The van der Waals surface area contributed by atoms with E-state index in [0.29, 0.717) is 0 Å². The van der Waals surface area contributed by atoms with E-state index >= 15 is 0 Å². The van der Waals surface area contributed by atoms with E-state index in [1.54, 1.807) is 0 Å². The van der Waals surface area contributed by atoms with Gasteiger partial charge >= 0.3 is 0 Å². The van der Waals surface area contributed by atoms with Gasteiger partial charge in [-0.25, -0.2) is 9.97 Å². The molecule has 4 heteroatoms. The molecular weight excluding hydrogens is 416 g/mol. The zero-order valence-corrected chi connectivity index (χ0v) is 18.3. The first-order valence-electron chi connectivity index (χ1n) is 11.3. The molecule has 0 saturated carbocycles. The van der Waals surface area contributed by atoms with Crippen molar-refractivity contribution < 1.29 is 0 Å². The van der Waals surface area contributed by atoms with Crippen LogP contribution in [0.2, 0.25) is 0 Å². The van der Waals surface area contributed by atoms with Gasteiger partial charge in [0.25, 0.3) is 0 Å². The molecule has 2 aromatic carbocycles. The summed E-state index contributed by atoms with van der Waals surface area (Å²) in [5, 5.41) is 2.46. The Morgan fingerprint density at radius 3 is 1.79 bits per heavy atom. The molecule has 0 spiro atoms. The minimum atomic E-state index is 0.917. The van der Waals surface area contributed by atoms with Gasteiger partial charge in [0.15, 0.2) is 0 Å². The average molecular weight is 437 g/mol. The Morgan fingerprint density at radius 2 is 1.09 bits per heavy atom. The highest BCUT2D eigenvalue weighted by atomic mass is 14.8. The van der Waals surface area contributed by atoms with Gasteiger partial charge in [-0.2, -0.15) is 0 Å². The molecule has 34 heavy (non-hydrogen) atoms. The van der Waals surface area contributed by atoms with E-state index in [-0.39, 0.29) is 0 Å². The third-order valence-electron chi connectivity index (χ3n) is 6.23. The van der Waals surface area contributed by atoms with Gasteiger partial charge in [-0.1, -0.05) is 36.4 Å². The average Bonchev–Trinajstić information content (AvgIpc) is 3.64. The maximum atomic E-state index is 4.82. The summed E-state index contributed by atoms with van der Waals surface area (Å²) in [5.74, 6) is 0. The quantitative estimate of drug-likeness (QED) is 0.280. The van der Waals surface area contributed by atoms with Crippen molar-refractivity contribution in [2.24, 2.45) is 0 Å². The highest BCUT2D eigenvalue weighted by molar-refractivity contribution is 5.93. The van der Waals surface area contributed by atoms with E-state index in [2.05, 4.69) is 101 Å². The first-order valence-corrected chi connectivity index (χ1v) is 11.3. The molecule has 0 aliphatic carbocycles. The van der Waals surface area contributed by atoms with Crippen LogP contribution in [0.5, 0.6) is 0 Å². The fraction of sp³-hybridized carbons (Fsp3) is 0. The van der Waals surface area contributed by atoms with Crippen LogP contribution in [0.15, 0.2) is 84.9 Å². The third kappa shape index (κ3) is 3.42. The minimum Gasteiger partial charge on any atom is -0.355 e. The van der Waals surface area contributed by atoms with E-state index in [1.165, 1.54) is 16.3 Å². The van der Waals surface area contributed by atoms with Gasteiger partial charge in [0, 0.05) is 27.6 Å². The molecule has 5 aromatic rings. The zero-order valence-electron chi connectivity index (χ0n) is 18.3. The van der Waals surface area contributed by atoms with Crippen molar-refractivity contribution in [2.45, 2.75) is 0 Å². The number of aromatic nitrogens is 4. The topological polar surface area (TPSA) is 57.4 Å². The summed E-state index contributed by atoms with van der Waals surface area (Å²) in [5.41, 5.74) is 10.1. The summed E-state index contributed by atoms with van der Waals surface area (Å²) in [7, 11) is 0. The molecule has 160 valence electrons. The second kappa shape index (κ2) is 7.42. The SMILES string of the molecule is C1=Cc2cc3cc(-c4ccc5ccccc5c4)c(cc4nc(cc5ccc(cc1n2)[nH]5)C=C4)[nH]3. The Bertz CT molecular complexity index is 1810. The molecule has 0 atom stereocenters. The first-order chi connectivity index (χ1) is 16.7. The van der Waals surface area contributed by atoms with E-state index in [4.69, 9.17) is 9.97 Å². The van der Waals surface area contributed by atoms with Crippen molar-refractivity contribution in [2.75, 3.05) is 0 Å². The van der Waals surface area contributed by atoms with Gasteiger partial charge < -0.3 is 9.97 Å². The maximum Gasteiger partial charge on any atom is 0.0658 e. The van der Waals surface area contributed by atoms with Crippen LogP contribution in [-0.4, -0.2) is 19.9 Å². The maximum absolute atomic E-state index is 4.82. The van der Waals surface area contributed by atoms with Crippen LogP contribution in [-0.2, 0) is 0 Å². The Hall–Kier alpha value is -4.70. The number of fused-ring (bicyclic) bond motifs is 9. The van der Waals surface area contributed by atoms with Gasteiger partial charge in [0.2, 0.25) is 0 Å². The number of hydrogen-bond donors (Lipinski definition) is 2. The predicted octanol–water partition coefficient (Wildman–Crippen LogP) is 7.48. The van der Waals surface area contributed by atoms with Crippen molar-refractivity contribution >= 4 is 57.1 Å². The molecule has 0 radical (unpaired) electrons. The Labute approximate surface area is 196 Å². The Morgan fingerprint density at radius 1 is 0.471 bits per heavy atom. The number of H-pyrrole nitrogens is 2. The lowest BCUT2D eigenvalue weighted by Crippen LogP contribution is -1.79. The number of nitrogens with zero attached hydrogens (tertiary/aromatic N) is 2. The van der Waals surface area contributed by atoms with Crippen LogP contribution in [0.25, 0.3) is 68.3 Å². The van der Waals surface area contributed by atoms with Gasteiger partial charge in [-0.15, -0.1) is 0 Å². The van der Waals surface area contributed by atoms with Gasteiger partial charge in [-0.05, 0) is 89.2 Å². The predicted molar refractivity (Wildman–Crippen MR) is 142 cm³/mol. The lowest BCUT2D eigenvalue weighted by molar-refractivity contribution is 1.31. The molecule has 0 amide bonds. The molecule has 4 nitrogen and oxygen atoms in total. The molecule has 0 saturated heterocycles. The number of benzene rings is 2. The standard InChI is InChI=1S/C30H20N4/c1-2-4-20-13-21(6-5-19(20)3-1)29-17-28-16-26-10-9-24(32-26)14-22-7-8-23(31-22)15-25-11-12-27(33-25)18-30(29)34-28/h1-18,31,34H. The highest BCUT2D eigenvalue weighted by Gasteiger charge is 2.08. The number of nitrogens with one attached hydrogen (secondary N) is 2. The van der Waals surface area contributed by atoms with Crippen molar-refractivity contribution in [1.82, 2.24) is 19.9 Å². The summed E-state index contributed by atoms with van der Waals surface area (Å²) >= 11 is 0. The second-order valence-corrected chi connectivity index (χ2v) is 8.65. The normalized spacial score (nSPS) is 12.5. The molecule has 8 bridgehead atoms. The summed E-state index contributed by atoms with van der Waals surface area (Å²) < 4.78 is 0. The Kier molecular flexibility index (Phi) is 4.11. The zero-order chi connectivity index (χ0) is 22.5. The van der Waals surface area contributed by atoms with Crippen molar-refractivity contribution in [3.63, 3.8) is 0 Å². The van der Waals surface area contributed by atoms with Gasteiger partial charge in [-0.3, -0.25) is 0 Å². The summed E-state index contributed by atoms with van der Waals surface area (Å²) in [6, 6.07) is 29.7. The van der Waals surface area contributed by atoms with E-state index in [0.717, 1.165) is 50.4 Å². The van der Waals surface area contributed by atoms with E-state index in [1.807, 2.05) is 18.2 Å². The minimum absolute atomic E-state index is 0.917. The molecule has 0 fully saturated rings. The Balaban J connectivity index is 1.52. The molecule has 3 aromatic heterocycles. The third-order valence-corrected chi connectivity index (χ3v) is 6.23. The van der Waals surface area contributed by atoms with Crippen LogP contribution in [0.4, 0.5) is 0 Å². The van der Waals surface area contributed by atoms with Crippen LogP contribution in [0.3, 0.4) is 0 Å². The number of rotatable bonds is 1. The summed E-state index contributed by atoms with van der Waals surface area (Å²) in [4.78, 5) is 16.6. The van der Waals surface area contributed by atoms with Crippen molar-refractivity contribution in [1.29, 1.82) is 0 Å². The molecule has 2 N–H and O–H groups in total. The smallest absolute Gasteiger partial charge is 0.0658 e. The molecule has 5 heterocycles. The largest absolute Gasteiger partial charge is 0.355 e. The lowest BCUT2D eigenvalue weighted by Gasteiger charge is -2.02. The fourth-order valence-electron chi connectivity index (χ4n) is 4.61. The van der Waals surface area contributed by atoms with Crippen LogP contribution in [0.1, 0.15) is 22.8 Å². The van der Waals surface area contributed by atoms with E-state index < -0.39 is 0 Å². The van der Waals surface area contributed by atoms with Gasteiger partial charge in [0.1, 0.15) is 0 Å². The molecule has 0 unspecified atom stereocenters. The molecule has 2 aliphatic heterocycles. The van der Waals surface area contributed by atoms with Crippen LogP contribution in [0, 0.1) is 0 Å². The first kappa shape index (κ1) is 18.8. The second-order valence-electron chi connectivity index (χ2n) is 8.65. The molecule has 2 aliphatic rings. The lowest BCUT2D eigenvalue weighted by atomic mass is 10.0. The summed E-state index contributed by atoms with van der Waals surface area (Å²) in [6.07, 6.45) is 8.19. The fourth-order valence-corrected chi connectivity index (χ4v) is 4.61. The summed E-state index contributed by atoms with van der Waals surface area (Å²) in [6.45, 7) is 0. The van der Waals surface area contributed by atoms with Crippen LogP contribution < -0.4 is 0 Å². The van der Waals surface area contributed by atoms with Crippen molar-refractivity contribution in [3.05, 3.63) is 108 Å².